The molecule has 2 N–H and O–H groups in total. The molecule has 6 rings (SSSR count). The predicted molar refractivity (Wildman–Crippen MR) is 170 cm³/mol. The standard InChI is InChI=1S/C33H46FN7O5/c1-21-18-22(8-9-23(21)34)19-35-26(43)24-25(42)27(44)41-20-32(40-16-14-39(15-17-40)31(2,3)4)10-12-33(13-11-32,30(41)36-24)38(7)29(46)28(45)37(5)6/h8-9,18,42H,10-17,19-20H2,1-7H3,(H,35,43). The molecule has 46 heavy (non-hydrogen) atoms. The van der Waals surface area contributed by atoms with Crippen molar-refractivity contribution in [3.63, 3.8) is 0 Å². The molecule has 0 unspecified atom stereocenters. The van der Waals surface area contributed by atoms with E-state index in [1.165, 1.54) is 34.5 Å². The van der Waals surface area contributed by atoms with E-state index >= 15 is 0 Å². The summed E-state index contributed by atoms with van der Waals surface area (Å²) in [5, 5.41) is 13.8. The Morgan fingerprint density at radius 1 is 1.02 bits per heavy atom. The monoisotopic (exact) mass is 639 g/mol. The molecule has 12 nitrogen and oxygen atoms in total. The van der Waals surface area contributed by atoms with Gasteiger partial charge in [0.2, 0.25) is 5.75 Å². The van der Waals surface area contributed by atoms with Gasteiger partial charge in [-0.25, -0.2) is 9.37 Å². The Morgan fingerprint density at radius 3 is 2.22 bits per heavy atom. The van der Waals surface area contributed by atoms with E-state index in [-0.39, 0.29) is 30.3 Å². The first-order chi connectivity index (χ1) is 21.5. The first-order valence-corrected chi connectivity index (χ1v) is 15.9. The summed E-state index contributed by atoms with van der Waals surface area (Å²) in [4.78, 5) is 66.0. The number of carbonyl (C=O) groups is 3. The first-order valence-electron chi connectivity index (χ1n) is 15.9. The maximum absolute atomic E-state index is 14.0. The zero-order chi connectivity index (χ0) is 33.8. The van der Waals surface area contributed by atoms with Gasteiger partial charge in [-0.05, 0) is 70.6 Å². The van der Waals surface area contributed by atoms with Crippen molar-refractivity contribution < 1.29 is 23.9 Å². The topological polar surface area (TPSA) is 131 Å². The quantitative estimate of drug-likeness (QED) is 0.474. The fraction of sp³-hybridized carbons (Fsp3) is 0.606. The lowest BCUT2D eigenvalue weighted by atomic mass is 9.71. The number of amides is 3. The highest BCUT2D eigenvalue weighted by Gasteiger charge is 2.56. The van der Waals surface area contributed by atoms with Crippen LogP contribution in [0.25, 0.3) is 0 Å². The number of piperazine rings is 1. The lowest BCUT2D eigenvalue weighted by Crippen LogP contribution is -2.63. The molecule has 13 heteroatoms. The molecule has 0 spiro atoms. The molecular formula is C33H46FN7O5. The molecule has 2 bridgehead atoms. The van der Waals surface area contributed by atoms with Crippen LogP contribution in [0.3, 0.4) is 0 Å². The van der Waals surface area contributed by atoms with Crippen LogP contribution in [0.1, 0.15) is 73.9 Å². The molecule has 2 aromatic rings. The average molecular weight is 640 g/mol. The van der Waals surface area contributed by atoms with Crippen molar-refractivity contribution in [1.82, 2.24) is 34.5 Å². The number of hydrogen-bond acceptors (Lipinski definition) is 8. The molecule has 3 aliphatic heterocycles. The summed E-state index contributed by atoms with van der Waals surface area (Å²) in [6, 6.07) is 4.45. The number of nitrogens with one attached hydrogen (secondary N) is 1. The summed E-state index contributed by atoms with van der Waals surface area (Å²) in [5.41, 5.74) is -1.73. The second-order valence-electron chi connectivity index (χ2n) is 14.3. The number of benzene rings is 1. The molecule has 250 valence electrons. The molecule has 1 saturated heterocycles. The van der Waals surface area contributed by atoms with Crippen LogP contribution in [-0.4, -0.2) is 110 Å². The second kappa shape index (κ2) is 12.1. The molecule has 3 amide bonds. The van der Waals surface area contributed by atoms with Crippen molar-refractivity contribution in [3.05, 3.63) is 57.0 Å². The maximum atomic E-state index is 14.0. The summed E-state index contributed by atoms with van der Waals surface area (Å²) in [7, 11) is 4.55. The fourth-order valence-electron chi connectivity index (χ4n) is 7.37. The summed E-state index contributed by atoms with van der Waals surface area (Å²) in [5.74, 6) is -3.19. The number of likely N-dealkylation sites (N-methyl/N-ethyl adjacent to an activating group) is 2. The van der Waals surface area contributed by atoms with Crippen molar-refractivity contribution in [2.75, 3.05) is 47.3 Å². The average Bonchev–Trinajstić information content (AvgIpc) is 3.26. The third kappa shape index (κ3) is 5.79. The Hall–Kier alpha value is -3.84. The highest BCUT2D eigenvalue weighted by molar-refractivity contribution is 6.34. The van der Waals surface area contributed by atoms with Gasteiger partial charge in [0.05, 0.1) is 0 Å². The SMILES string of the molecule is Cc1cc(CNC(=O)c2nc3n(c(=O)c2O)CC2(N4CCN(C(C)(C)C)CC4)CCC3(N(C)C(=O)C(=O)N(C)C)CC2)ccc1F. The maximum Gasteiger partial charge on any atom is 0.312 e. The number of rotatable bonds is 5. The van der Waals surface area contributed by atoms with Gasteiger partial charge in [-0.3, -0.25) is 33.5 Å². The summed E-state index contributed by atoms with van der Waals surface area (Å²) < 4.78 is 15.2. The molecule has 1 saturated carbocycles. The number of aromatic nitrogens is 2. The molecule has 4 aliphatic rings. The van der Waals surface area contributed by atoms with Gasteiger partial charge in [-0.2, -0.15) is 0 Å². The van der Waals surface area contributed by atoms with E-state index in [0.717, 1.165) is 26.2 Å². The third-order valence-electron chi connectivity index (χ3n) is 10.3. The minimum atomic E-state index is -1.16. The summed E-state index contributed by atoms with van der Waals surface area (Å²) in [6.45, 7) is 11.8. The van der Waals surface area contributed by atoms with Gasteiger partial charge in [-0.1, -0.05) is 12.1 Å². The Bertz CT molecular complexity index is 1600. The second-order valence-corrected chi connectivity index (χ2v) is 14.3. The highest BCUT2D eigenvalue weighted by Crippen LogP contribution is 2.50. The Balaban J connectivity index is 1.55. The van der Waals surface area contributed by atoms with Crippen LogP contribution >= 0.6 is 0 Å². The molecule has 1 aliphatic carbocycles. The molecule has 2 fully saturated rings. The Kier molecular flexibility index (Phi) is 8.80. The molecular weight excluding hydrogens is 593 g/mol. The number of carbonyl (C=O) groups excluding carboxylic acids is 3. The van der Waals surface area contributed by atoms with E-state index in [4.69, 9.17) is 0 Å². The number of hydrogen-bond donors (Lipinski definition) is 2. The number of fused-ring (bicyclic) bond motifs is 2. The fourth-order valence-corrected chi connectivity index (χ4v) is 7.37. The first kappa shape index (κ1) is 33.5. The molecule has 1 aromatic heterocycles. The largest absolute Gasteiger partial charge is 0.501 e. The molecule has 0 radical (unpaired) electrons. The van der Waals surface area contributed by atoms with E-state index in [1.54, 1.807) is 26.1 Å². The number of aromatic hydroxyl groups is 1. The predicted octanol–water partition coefficient (Wildman–Crippen LogP) is 1.81. The van der Waals surface area contributed by atoms with Gasteiger partial charge in [-0.15, -0.1) is 0 Å². The van der Waals surface area contributed by atoms with Crippen LogP contribution in [0.5, 0.6) is 5.75 Å². The van der Waals surface area contributed by atoms with Crippen molar-refractivity contribution in [3.8, 4) is 5.75 Å². The van der Waals surface area contributed by atoms with Crippen molar-refractivity contribution in [1.29, 1.82) is 0 Å². The van der Waals surface area contributed by atoms with Crippen LogP contribution in [0, 0.1) is 12.7 Å². The molecule has 4 heterocycles. The lowest BCUT2D eigenvalue weighted by molar-refractivity contribution is -0.155. The van der Waals surface area contributed by atoms with Crippen LogP contribution in [0.4, 0.5) is 4.39 Å². The van der Waals surface area contributed by atoms with E-state index < -0.39 is 45.8 Å². The van der Waals surface area contributed by atoms with Gasteiger partial charge >= 0.3 is 11.8 Å². The minimum absolute atomic E-state index is 0.0179. The lowest BCUT2D eigenvalue weighted by Gasteiger charge is -2.53. The van der Waals surface area contributed by atoms with Gasteiger partial charge in [0, 0.05) is 71.5 Å². The number of aryl methyl sites for hydroxylation is 1. The van der Waals surface area contributed by atoms with Gasteiger partial charge in [0.1, 0.15) is 17.2 Å². The van der Waals surface area contributed by atoms with Crippen molar-refractivity contribution in [2.45, 2.75) is 83.1 Å². The smallest absolute Gasteiger partial charge is 0.312 e. The normalized spacial score (nSPS) is 23.4. The Morgan fingerprint density at radius 2 is 1.65 bits per heavy atom. The van der Waals surface area contributed by atoms with E-state index in [1.807, 2.05) is 0 Å². The van der Waals surface area contributed by atoms with Crippen LogP contribution < -0.4 is 10.9 Å². The van der Waals surface area contributed by atoms with Crippen LogP contribution in [-0.2, 0) is 28.2 Å². The minimum Gasteiger partial charge on any atom is -0.501 e. The van der Waals surface area contributed by atoms with Crippen molar-refractivity contribution in [2.24, 2.45) is 0 Å². The van der Waals surface area contributed by atoms with Crippen LogP contribution in [0.15, 0.2) is 23.0 Å². The number of nitrogens with zero attached hydrogens (tertiary/aromatic N) is 6. The summed E-state index contributed by atoms with van der Waals surface area (Å²) >= 11 is 0. The van der Waals surface area contributed by atoms with Gasteiger partial charge in [0.25, 0.3) is 11.5 Å². The molecule has 1 aromatic carbocycles. The zero-order valence-corrected chi connectivity index (χ0v) is 27.9. The van der Waals surface area contributed by atoms with E-state index in [9.17, 15) is 28.7 Å². The molecule has 0 atom stereocenters. The van der Waals surface area contributed by atoms with Crippen molar-refractivity contribution >= 4 is 17.7 Å². The zero-order valence-electron chi connectivity index (χ0n) is 27.9. The van der Waals surface area contributed by atoms with E-state index in [2.05, 4.69) is 40.9 Å². The number of halogens is 1. The highest BCUT2D eigenvalue weighted by atomic mass is 19.1. The van der Waals surface area contributed by atoms with Crippen LogP contribution in [0.2, 0.25) is 0 Å². The third-order valence-corrected chi connectivity index (χ3v) is 10.3. The Labute approximate surface area is 269 Å². The van der Waals surface area contributed by atoms with E-state index in [0.29, 0.717) is 36.8 Å². The van der Waals surface area contributed by atoms with Gasteiger partial charge in [0.15, 0.2) is 5.69 Å². The van der Waals surface area contributed by atoms with Gasteiger partial charge < -0.3 is 20.2 Å². The summed E-state index contributed by atoms with van der Waals surface area (Å²) in [6.07, 6.45) is 2.10.